The summed E-state index contributed by atoms with van der Waals surface area (Å²) in [5.74, 6) is -2.00. The van der Waals surface area contributed by atoms with Gasteiger partial charge in [-0.15, -0.1) is 0 Å². The highest BCUT2D eigenvalue weighted by Gasteiger charge is 2.51. The predicted octanol–water partition coefficient (Wildman–Crippen LogP) is 5.45. The van der Waals surface area contributed by atoms with E-state index in [9.17, 15) is 31.1 Å². The van der Waals surface area contributed by atoms with Gasteiger partial charge in [-0.25, -0.2) is 4.98 Å². The number of hydrogen-bond donors (Lipinski definition) is 0. The number of halogens is 6. The van der Waals surface area contributed by atoms with Crippen LogP contribution in [-0.4, -0.2) is 30.0 Å². The van der Waals surface area contributed by atoms with Gasteiger partial charge in [0.1, 0.15) is 17.6 Å². The number of likely N-dealkylation sites (N-methyl/N-ethyl adjacent to an activating group) is 1. The molecule has 1 aromatic heterocycles. The maximum atomic E-state index is 13.7. The minimum Gasteiger partial charge on any atom is -0.341 e. The van der Waals surface area contributed by atoms with Crippen molar-refractivity contribution < 1.29 is 35.2 Å². The van der Waals surface area contributed by atoms with Crippen LogP contribution in [0.4, 0.5) is 37.8 Å². The zero-order valence-corrected chi connectivity index (χ0v) is 16.8. The molecule has 10 heteroatoms. The number of amides is 1. The topological polar surface area (TPSA) is 36.4 Å². The summed E-state index contributed by atoms with van der Waals surface area (Å²) >= 11 is 0. The Balaban J connectivity index is 1.83. The number of fused-ring (bicyclic) bond motifs is 2. The van der Waals surface area contributed by atoms with Gasteiger partial charge >= 0.3 is 12.4 Å². The molecule has 1 amide bonds. The Bertz CT molecular complexity index is 1100. The maximum absolute atomic E-state index is 13.7. The third-order valence-corrected chi connectivity index (χ3v) is 6.01. The van der Waals surface area contributed by atoms with Crippen molar-refractivity contribution in [1.29, 1.82) is 0 Å². The van der Waals surface area contributed by atoms with Crippen LogP contribution in [0, 0.1) is 12.8 Å². The summed E-state index contributed by atoms with van der Waals surface area (Å²) in [5.41, 5.74) is -2.55. The van der Waals surface area contributed by atoms with Crippen LogP contribution in [0.15, 0.2) is 36.4 Å². The molecular weight excluding hydrogens is 436 g/mol. The van der Waals surface area contributed by atoms with Crippen LogP contribution < -0.4 is 9.80 Å². The van der Waals surface area contributed by atoms with Crippen molar-refractivity contribution >= 4 is 17.4 Å². The second-order valence-corrected chi connectivity index (χ2v) is 8.19. The summed E-state index contributed by atoms with van der Waals surface area (Å²) in [6.45, 7) is -1.24. The Hall–Kier alpha value is -2.78. The highest BCUT2D eigenvalue weighted by atomic mass is 19.4. The SMILES string of the molecule is [2H]C([2H])([2H])N(C(=O)[C@@H]1[C@H]2CC[C@H](C2)N1c1cc(C(F)(F)F)cc(C(F)(F)F)n1)c1cccc(C)c1. The predicted molar refractivity (Wildman–Crippen MR) is 106 cm³/mol. The molecule has 0 spiro atoms. The molecule has 2 heterocycles. The molecule has 1 saturated carbocycles. The molecule has 3 atom stereocenters. The third-order valence-electron chi connectivity index (χ3n) is 6.01. The van der Waals surface area contributed by atoms with Crippen molar-refractivity contribution in [1.82, 2.24) is 4.98 Å². The van der Waals surface area contributed by atoms with E-state index in [1.807, 2.05) is 0 Å². The second-order valence-electron chi connectivity index (χ2n) is 8.19. The zero-order valence-electron chi connectivity index (χ0n) is 19.8. The van der Waals surface area contributed by atoms with E-state index >= 15 is 0 Å². The fourth-order valence-corrected chi connectivity index (χ4v) is 4.62. The highest BCUT2D eigenvalue weighted by Crippen LogP contribution is 2.47. The molecule has 2 aromatic rings. The molecule has 0 unspecified atom stereocenters. The molecule has 1 aliphatic heterocycles. The molecule has 0 radical (unpaired) electrons. The van der Waals surface area contributed by atoms with Gasteiger partial charge in [-0.1, -0.05) is 12.1 Å². The zero-order chi connectivity index (χ0) is 25.9. The summed E-state index contributed by atoms with van der Waals surface area (Å²) in [4.78, 5) is 18.9. The van der Waals surface area contributed by atoms with E-state index in [0.717, 1.165) is 4.90 Å². The molecule has 1 saturated heterocycles. The lowest BCUT2D eigenvalue weighted by Gasteiger charge is -2.37. The number of aromatic nitrogens is 1. The summed E-state index contributed by atoms with van der Waals surface area (Å²) in [5, 5.41) is 0. The van der Waals surface area contributed by atoms with Gasteiger partial charge in [0.15, 0.2) is 0 Å². The molecule has 4 nitrogen and oxygen atoms in total. The third kappa shape index (κ3) is 4.02. The second kappa shape index (κ2) is 7.67. The number of hydrogen-bond acceptors (Lipinski definition) is 3. The first-order valence-electron chi connectivity index (χ1n) is 11.4. The Morgan fingerprint density at radius 3 is 2.50 bits per heavy atom. The van der Waals surface area contributed by atoms with E-state index in [4.69, 9.17) is 4.11 Å². The van der Waals surface area contributed by atoms with Crippen LogP contribution in [0.2, 0.25) is 0 Å². The molecule has 2 fully saturated rings. The van der Waals surface area contributed by atoms with Crippen molar-refractivity contribution in [3.63, 3.8) is 0 Å². The van der Waals surface area contributed by atoms with Crippen LogP contribution in [0.1, 0.15) is 40.2 Å². The van der Waals surface area contributed by atoms with Crippen molar-refractivity contribution in [2.24, 2.45) is 5.92 Å². The number of piperidine rings is 1. The first-order valence-corrected chi connectivity index (χ1v) is 9.93. The quantitative estimate of drug-likeness (QED) is 0.572. The Morgan fingerprint density at radius 1 is 1.12 bits per heavy atom. The minimum atomic E-state index is -5.15. The van der Waals surface area contributed by atoms with E-state index < -0.39 is 60.3 Å². The summed E-state index contributed by atoms with van der Waals surface area (Å²) in [6, 6.07) is 4.75. The number of carbonyl (C=O) groups is 1. The first-order chi connectivity index (χ1) is 16.1. The van der Waals surface area contributed by atoms with Crippen LogP contribution in [0.25, 0.3) is 0 Å². The van der Waals surface area contributed by atoms with Gasteiger partial charge < -0.3 is 9.80 Å². The van der Waals surface area contributed by atoms with Crippen LogP contribution in [0.3, 0.4) is 0 Å². The lowest BCUT2D eigenvalue weighted by molar-refractivity contribution is -0.145. The standard InChI is InChI=1S/C22H21F6N3O/c1-12-4-3-5-15(8-12)30(2)20(32)19-13-6-7-16(9-13)31(19)18-11-14(21(23,24)25)10-17(29-18)22(26,27)28/h3-5,8,10-11,13,16,19H,6-7,9H2,1-2H3/t13-,16+,19-/m0/s1/i2D3. The van der Waals surface area contributed by atoms with E-state index in [1.54, 1.807) is 19.1 Å². The average molecular weight is 460 g/mol. The largest absolute Gasteiger partial charge is 0.433 e. The van der Waals surface area contributed by atoms with Crippen LogP contribution >= 0.6 is 0 Å². The van der Waals surface area contributed by atoms with Crippen molar-refractivity contribution in [2.75, 3.05) is 16.8 Å². The Kier molecular flexibility index (Phi) is 4.49. The number of anilines is 2. The number of aryl methyl sites for hydroxylation is 1. The maximum Gasteiger partial charge on any atom is 0.433 e. The molecule has 32 heavy (non-hydrogen) atoms. The number of alkyl halides is 6. The van der Waals surface area contributed by atoms with Crippen LogP contribution in [0.5, 0.6) is 0 Å². The minimum absolute atomic E-state index is 0.0608. The monoisotopic (exact) mass is 460 g/mol. The normalized spacial score (nSPS) is 24.8. The van der Waals surface area contributed by atoms with Gasteiger partial charge in [-0.2, -0.15) is 26.3 Å². The number of rotatable bonds is 3. The first kappa shape index (κ1) is 18.8. The van der Waals surface area contributed by atoms with Crippen molar-refractivity contribution in [3.05, 3.63) is 53.2 Å². The van der Waals surface area contributed by atoms with Gasteiger partial charge in [-0.05, 0) is 61.9 Å². The van der Waals surface area contributed by atoms with Gasteiger partial charge in [0, 0.05) is 22.8 Å². The molecule has 2 bridgehead atoms. The molecule has 0 N–H and O–H groups in total. The van der Waals surface area contributed by atoms with Crippen molar-refractivity contribution in [2.45, 2.75) is 50.6 Å². The van der Waals surface area contributed by atoms with E-state index in [2.05, 4.69) is 4.98 Å². The lowest BCUT2D eigenvalue weighted by Crippen LogP contribution is -2.51. The molecule has 172 valence electrons. The summed E-state index contributed by atoms with van der Waals surface area (Å²) in [7, 11) is 0. The molecule has 4 rings (SSSR count). The molecule has 1 aromatic carbocycles. The van der Waals surface area contributed by atoms with E-state index in [0.29, 0.717) is 35.8 Å². The summed E-state index contributed by atoms with van der Waals surface area (Å²) in [6.07, 6.45) is -8.97. The Labute approximate surface area is 185 Å². The molecule has 1 aliphatic carbocycles. The van der Waals surface area contributed by atoms with Gasteiger partial charge in [0.05, 0.1) is 5.56 Å². The summed E-state index contributed by atoms with van der Waals surface area (Å²) < 4.78 is 104. The highest BCUT2D eigenvalue weighted by molar-refractivity contribution is 5.99. The van der Waals surface area contributed by atoms with Gasteiger partial charge in [-0.3, -0.25) is 4.79 Å². The molecular formula is C22H21F6N3O. The van der Waals surface area contributed by atoms with Crippen LogP contribution in [-0.2, 0) is 17.1 Å². The fraction of sp³-hybridized carbons (Fsp3) is 0.455. The number of pyridine rings is 1. The lowest BCUT2D eigenvalue weighted by atomic mass is 9.97. The number of nitrogens with zero attached hydrogens (tertiary/aromatic N) is 3. The fourth-order valence-electron chi connectivity index (χ4n) is 4.62. The van der Waals surface area contributed by atoms with Crippen molar-refractivity contribution in [3.8, 4) is 0 Å². The number of benzene rings is 1. The molecule has 2 aliphatic rings. The number of carbonyl (C=O) groups excluding carboxylic acids is 1. The van der Waals surface area contributed by atoms with Gasteiger partial charge in [0.2, 0.25) is 5.91 Å². The van der Waals surface area contributed by atoms with Gasteiger partial charge in [0.25, 0.3) is 0 Å². The average Bonchev–Trinajstić information content (AvgIpc) is 3.33. The van der Waals surface area contributed by atoms with E-state index in [-0.39, 0.29) is 11.8 Å². The van der Waals surface area contributed by atoms with E-state index in [1.165, 1.54) is 12.1 Å². The Morgan fingerprint density at radius 2 is 1.88 bits per heavy atom. The smallest absolute Gasteiger partial charge is 0.341 e.